The van der Waals surface area contributed by atoms with Crippen molar-refractivity contribution in [1.82, 2.24) is 9.71 Å². The van der Waals surface area contributed by atoms with E-state index in [0.717, 1.165) is 22.5 Å². The van der Waals surface area contributed by atoms with Crippen LogP contribution in [-0.4, -0.2) is 19.3 Å². The first-order valence-electron chi connectivity index (χ1n) is 7.93. The molecule has 1 amide bonds. The van der Waals surface area contributed by atoms with Gasteiger partial charge in [-0.15, -0.1) is 11.3 Å². The van der Waals surface area contributed by atoms with Gasteiger partial charge >= 0.3 is 0 Å². The molecule has 3 aromatic rings. The quantitative estimate of drug-likeness (QED) is 0.707. The van der Waals surface area contributed by atoms with Gasteiger partial charge in [0.25, 0.3) is 0 Å². The Morgan fingerprint density at radius 3 is 2.77 bits per heavy atom. The SMILES string of the molecule is O=C1Cc2cc(-c3csc(CNS(=O)(=O)c4ccccc4)n3)ccc2N1. The normalized spacial score (nSPS) is 13.5. The Bertz CT molecular complexity index is 1080. The highest BCUT2D eigenvalue weighted by Gasteiger charge is 2.19. The van der Waals surface area contributed by atoms with Gasteiger partial charge in [0.2, 0.25) is 15.9 Å². The summed E-state index contributed by atoms with van der Waals surface area (Å²) in [6.45, 7) is 0.132. The lowest BCUT2D eigenvalue weighted by Crippen LogP contribution is -2.23. The fraction of sp³-hybridized carbons (Fsp3) is 0.111. The van der Waals surface area contributed by atoms with Crippen LogP contribution in [0.4, 0.5) is 5.69 Å². The van der Waals surface area contributed by atoms with E-state index >= 15 is 0 Å². The van der Waals surface area contributed by atoms with Gasteiger partial charge in [-0.3, -0.25) is 4.79 Å². The Morgan fingerprint density at radius 2 is 1.96 bits per heavy atom. The molecule has 0 aliphatic carbocycles. The lowest BCUT2D eigenvalue weighted by Gasteiger charge is -2.04. The second-order valence-corrected chi connectivity index (χ2v) is 8.57. The average Bonchev–Trinajstić information content (AvgIpc) is 3.25. The van der Waals surface area contributed by atoms with Crippen molar-refractivity contribution in [1.29, 1.82) is 0 Å². The van der Waals surface area contributed by atoms with Crippen LogP contribution in [0.3, 0.4) is 0 Å². The number of aromatic nitrogens is 1. The smallest absolute Gasteiger partial charge is 0.240 e. The van der Waals surface area contributed by atoms with E-state index in [9.17, 15) is 13.2 Å². The van der Waals surface area contributed by atoms with Crippen LogP contribution in [0.2, 0.25) is 0 Å². The number of anilines is 1. The highest BCUT2D eigenvalue weighted by molar-refractivity contribution is 7.89. The maximum Gasteiger partial charge on any atom is 0.240 e. The van der Waals surface area contributed by atoms with Crippen molar-refractivity contribution < 1.29 is 13.2 Å². The van der Waals surface area contributed by atoms with Crippen molar-refractivity contribution in [2.75, 3.05) is 5.32 Å². The molecule has 0 atom stereocenters. The number of sulfonamides is 1. The molecule has 0 spiro atoms. The third-order valence-electron chi connectivity index (χ3n) is 4.04. The molecule has 2 heterocycles. The molecule has 8 heteroatoms. The topological polar surface area (TPSA) is 88.2 Å². The number of benzene rings is 2. The summed E-state index contributed by atoms with van der Waals surface area (Å²) in [7, 11) is -3.56. The summed E-state index contributed by atoms with van der Waals surface area (Å²) in [5.74, 6) is -0.00793. The zero-order valence-electron chi connectivity index (χ0n) is 13.6. The van der Waals surface area contributed by atoms with Gasteiger partial charge in [-0.1, -0.05) is 24.3 Å². The number of nitrogens with zero attached hydrogens (tertiary/aromatic N) is 1. The molecule has 132 valence electrons. The summed E-state index contributed by atoms with van der Waals surface area (Å²) in [5, 5.41) is 5.36. The second-order valence-electron chi connectivity index (χ2n) is 5.86. The molecule has 2 N–H and O–H groups in total. The predicted molar refractivity (Wildman–Crippen MR) is 100 cm³/mol. The van der Waals surface area contributed by atoms with Crippen LogP contribution < -0.4 is 10.0 Å². The van der Waals surface area contributed by atoms with E-state index in [4.69, 9.17) is 0 Å². The van der Waals surface area contributed by atoms with E-state index in [2.05, 4.69) is 15.0 Å². The lowest BCUT2D eigenvalue weighted by molar-refractivity contribution is -0.115. The van der Waals surface area contributed by atoms with Crippen molar-refractivity contribution in [2.24, 2.45) is 0 Å². The molecule has 1 aromatic heterocycles. The standard InChI is InChI=1S/C18H15N3O3S2/c22-17-9-13-8-12(6-7-15(13)20-17)16-11-25-18(21-16)10-19-26(23,24)14-4-2-1-3-5-14/h1-8,11,19H,9-10H2,(H,20,22). The van der Waals surface area contributed by atoms with Crippen LogP contribution in [0.1, 0.15) is 10.6 Å². The van der Waals surface area contributed by atoms with E-state index < -0.39 is 10.0 Å². The fourth-order valence-electron chi connectivity index (χ4n) is 2.75. The zero-order valence-corrected chi connectivity index (χ0v) is 15.2. The fourth-order valence-corrected chi connectivity index (χ4v) is 4.60. The van der Waals surface area contributed by atoms with E-state index in [1.54, 1.807) is 30.3 Å². The van der Waals surface area contributed by atoms with Gasteiger partial charge in [-0.05, 0) is 29.8 Å². The average molecular weight is 385 g/mol. The minimum absolute atomic E-state index is 0.00793. The first kappa shape index (κ1) is 16.9. The predicted octanol–water partition coefficient (Wildman–Crippen LogP) is 2.78. The Hall–Kier alpha value is -2.55. The molecule has 0 bridgehead atoms. The van der Waals surface area contributed by atoms with Gasteiger partial charge < -0.3 is 5.32 Å². The first-order valence-corrected chi connectivity index (χ1v) is 10.3. The molecule has 0 saturated carbocycles. The summed E-state index contributed by atoms with van der Waals surface area (Å²) in [5.41, 5.74) is 3.47. The molecule has 2 aromatic carbocycles. The maximum atomic E-state index is 12.3. The Kier molecular flexibility index (Phi) is 4.31. The molecule has 0 radical (unpaired) electrons. The number of nitrogens with one attached hydrogen (secondary N) is 2. The highest BCUT2D eigenvalue weighted by atomic mass is 32.2. The van der Waals surface area contributed by atoms with Gasteiger partial charge in [0.1, 0.15) is 5.01 Å². The molecule has 26 heavy (non-hydrogen) atoms. The molecule has 6 nitrogen and oxygen atoms in total. The van der Waals surface area contributed by atoms with Crippen LogP contribution in [0.15, 0.2) is 58.8 Å². The summed E-state index contributed by atoms with van der Waals surface area (Å²) in [6, 6.07) is 14.0. The number of hydrogen-bond donors (Lipinski definition) is 2. The minimum atomic E-state index is -3.56. The highest BCUT2D eigenvalue weighted by Crippen LogP contribution is 2.29. The van der Waals surface area contributed by atoms with Crippen LogP contribution >= 0.6 is 11.3 Å². The molecule has 0 fully saturated rings. The number of fused-ring (bicyclic) bond motifs is 1. The van der Waals surface area contributed by atoms with Gasteiger partial charge in [0.15, 0.2) is 0 Å². The van der Waals surface area contributed by atoms with Gasteiger partial charge in [0.05, 0.1) is 23.6 Å². The van der Waals surface area contributed by atoms with Crippen molar-refractivity contribution in [3.8, 4) is 11.3 Å². The van der Waals surface area contributed by atoms with Crippen molar-refractivity contribution in [2.45, 2.75) is 17.9 Å². The number of carbonyl (C=O) groups excluding carboxylic acids is 1. The third-order valence-corrected chi connectivity index (χ3v) is 6.31. The van der Waals surface area contributed by atoms with Crippen molar-refractivity contribution in [3.05, 3.63) is 64.5 Å². The molecular formula is C18H15N3O3S2. The third kappa shape index (κ3) is 3.39. The first-order chi connectivity index (χ1) is 12.5. The number of thiazole rings is 1. The Labute approximate surface area is 155 Å². The second kappa shape index (κ2) is 6.64. The minimum Gasteiger partial charge on any atom is -0.326 e. The molecule has 1 aliphatic heterocycles. The summed E-state index contributed by atoms with van der Waals surface area (Å²) in [6.07, 6.45) is 0.372. The molecule has 0 saturated heterocycles. The van der Waals surface area contributed by atoms with Gasteiger partial charge in [-0.2, -0.15) is 0 Å². The van der Waals surface area contributed by atoms with E-state index in [1.807, 2.05) is 23.6 Å². The monoisotopic (exact) mass is 385 g/mol. The van der Waals surface area contributed by atoms with E-state index in [1.165, 1.54) is 11.3 Å². The molecule has 4 rings (SSSR count). The number of rotatable bonds is 5. The van der Waals surface area contributed by atoms with Crippen LogP contribution in [-0.2, 0) is 27.8 Å². The number of amides is 1. The van der Waals surface area contributed by atoms with E-state index in [0.29, 0.717) is 11.4 Å². The van der Waals surface area contributed by atoms with Crippen molar-refractivity contribution in [3.63, 3.8) is 0 Å². The van der Waals surface area contributed by atoms with Crippen molar-refractivity contribution >= 4 is 33.0 Å². The maximum absolute atomic E-state index is 12.3. The van der Waals surface area contributed by atoms with Gasteiger partial charge in [0, 0.05) is 16.6 Å². The summed E-state index contributed by atoms with van der Waals surface area (Å²) < 4.78 is 27.1. The summed E-state index contributed by atoms with van der Waals surface area (Å²) >= 11 is 1.39. The number of carbonyl (C=O) groups is 1. The largest absolute Gasteiger partial charge is 0.326 e. The molecular weight excluding hydrogens is 370 g/mol. The van der Waals surface area contributed by atoms with Crippen LogP contribution in [0, 0.1) is 0 Å². The Morgan fingerprint density at radius 1 is 1.15 bits per heavy atom. The molecule has 1 aliphatic rings. The summed E-state index contributed by atoms with van der Waals surface area (Å²) in [4.78, 5) is 16.2. The Balaban J connectivity index is 1.49. The molecule has 0 unspecified atom stereocenters. The van der Waals surface area contributed by atoms with Crippen LogP contribution in [0.5, 0.6) is 0 Å². The van der Waals surface area contributed by atoms with Gasteiger partial charge in [-0.25, -0.2) is 18.1 Å². The van der Waals surface area contributed by atoms with E-state index in [-0.39, 0.29) is 17.3 Å². The lowest BCUT2D eigenvalue weighted by atomic mass is 10.1. The zero-order chi connectivity index (χ0) is 18.1. The number of hydrogen-bond acceptors (Lipinski definition) is 5. The van der Waals surface area contributed by atoms with Crippen LogP contribution in [0.25, 0.3) is 11.3 Å².